The first-order valence-corrected chi connectivity index (χ1v) is 9.37. The molecular formula is C19H33N3O4. The van der Waals surface area contributed by atoms with Crippen molar-refractivity contribution in [3.05, 3.63) is 12.2 Å². The molecule has 2 amide bonds. The summed E-state index contributed by atoms with van der Waals surface area (Å²) in [5, 5.41) is 5.75. The highest BCUT2D eigenvalue weighted by Gasteiger charge is 2.27. The minimum absolute atomic E-state index is 0.0455. The highest BCUT2D eigenvalue weighted by molar-refractivity contribution is 5.86. The maximum Gasteiger partial charge on any atom is 0.323 e. The molecule has 1 saturated heterocycles. The Morgan fingerprint density at radius 1 is 1.12 bits per heavy atom. The molecule has 2 N–H and O–H groups in total. The van der Waals surface area contributed by atoms with E-state index in [0.29, 0.717) is 12.8 Å². The Labute approximate surface area is 156 Å². The molecule has 0 aromatic heterocycles. The Kier molecular flexibility index (Phi) is 9.95. The van der Waals surface area contributed by atoms with Crippen molar-refractivity contribution in [1.29, 1.82) is 0 Å². The number of likely N-dealkylation sites (N-methyl/N-ethyl adjacent to an activating group) is 1. The Morgan fingerprint density at radius 3 is 2.27 bits per heavy atom. The summed E-state index contributed by atoms with van der Waals surface area (Å²) in [6.07, 6.45) is 6.94. The summed E-state index contributed by atoms with van der Waals surface area (Å²) >= 11 is 0. The quantitative estimate of drug-likeness (QED) is 0.448. The van der Waals surface area contributed by atoms with Gasteiger partial charge in [-0.15, -0.1) is 0 Å². The molecule has 0 spiro atoms. The molecule has 1 aliphatic heterocycles. The maximum atomic E-state index is 12.7. The highest BCUT2D eigenvalue weighted by atomic mass is 16.5. The Morgan fingerprint density at radius 2 is 1.73 bits per heavy atom. The molecule has 0 saturated carbocycles. The van der Waals surface area contributed by atoms with Gasteiger partial charge in [-0.05, 0) is 46.6 Å². The van der Waals surface area contributed by atoms with Gasteiger partial charge >= 0.3 is 5.97 Å². The van der Waals surface area contributed by atoms with E-state index >= 15 is 0 Å². The first-order valence-electron chi connectivity index (χ1n) is 9.37. The number of carbonyl (C=O) groups excluding carboxylic acids is 3. The molecule has 148 valence electrons. The SMILES string of the molecule is CNC(C/C=C\CC(CC(=O)NC(C)C)C(=O)N1CCCC1)C(=O)OC. The average molecular weight is 367 g/mol. The predicted molar refractivity (Wildman–Crippen MR) is 100 cm³/mol. The van der Waals surface area contributed by atoms with Crippen molar-refractivity contribution in [3.63, 3.8) is 0 Å². The number of esters is 1. The first-order chi connectivity index (χ1) is 12.4. The summed E-state index contributed by atoms with van der Waals surface area (Å²) in [7, 11) is 3.06. The van der Waals surface area contributed by atoms with Crippen molar-refractivity contribution in [2.45, 2.75) is 58.0 Å². The molecule has 0 aliphatic carbocycles. The largest absolute Gasteiger partial charge is 0.468 e. The number of carbonyl (C=O) groups is 3. The van der Waals surface area contributed by atoms with Crippen LogP contribution in [0.3, 0.4) is 0 Å². The van der Waals surface area contributed by atoms with Crippen LogP contribution < -0.4 is 10.6 Å². The molecule has 1 heterocycles. The van der Waals surface area contributed by atoms with E-state index in [1.807, 2.05) is 30.9 Å². The zero-order chi connectivity index (χ0) is 19.5. The predicted octanol–water partition coefficient (Wildman–Crippen LogP) is 1.24. The number of methoxy groups -OCH3 is 1. The summed E-state index contributed by atoms with van der Waals surface area (Å²) in [6, 6.07) is -0.356. The fraction of sp³-hybridized carbons (Fsp3) is 0.737. The van der Waals surface area contributed by atoms with Gasteiger partial charge in [-0.1, -0.05) is 12.2 Å². The van der Waals surface area contributed by atoms with Crippen molar-refractivity contribution in [1.82, 2.24) is 15.5 Å². The second kappa shape index (κ2) is 11.7. The van der Waals surface area contributed by atoms with Gasteiger partial charge in [0.05, 0.1) is 13.0 Å². The minimum atomic E-state index is -0.409. The van der Waals surface area contributed by atoms with Gasteiger partial charge in [0.2, 0.25) is 11.8 Å². The molecule has 0 radical (unpaired) electrons. The van der Waals surface area contributed by atoms with Gasteiger partial charge in [-0.2, -0.15) is 0 Å². The van der Waals surface area contributed by atoms with Gasteiger partial charge in [-0.3, -0.25) is 14.4 Å². The molecule has 2 unspecified atom stereocenters. The lowest BCUT2D eigenvalue weighted by molar-refractivity contribution is -0.142. The van der Waals surface area contributed by atoms with E-state index in [9.17, 15) is 14.4 Å². The molecule has 0 aromatic rings. The van der Waals surface area contributed by atoms with Gasteiger partial charge in [0.25, 0.3) is 0 Å². The van der Waals surface area contributed by atoms with Crippen molar-refractivity contribution >= 4 is 17.8 Å². The normalized spacial score (nSPS) is 16.7. The highest BCUT2D eigenvalue weighted by Crippen LogP contribution is 2.18. The smallest absolute Gasteiger partial charge is 0.323 e. The fourth-order valence-electron chi connectivity index (χ4n) is 3.04. The van der Waals surface area contributed by atoms with Crippen molar-refractivity contribution in [2.24, 2.45) is 5.92 Å². The Hall–Kier alpha value is -1.89. The molecule has 1 fully saturated rings. The molecule has 1 rings (SSSR count). The van der Waals surface area contributed by atoms with Crippen molar-refractivity contribution in [3.8, 4) is 0 Å². The number of nitrogens with zero attached hydrogens (tertiary/aromatic N) is 1. The fourth-order valence-corrected chi connectivity index (χ4v) is 3.04. The number of nitrogens with one attached hydrogen (secondary N) is 2. The van der Waals surface area contributed by atoms with E-state index < -0.39 is 6.04 Å². The van der Waals surface area contributed by atoms with E-state index in [2.05, 4.69) is 10.6 Å². The first kappa shape index (κ1) is 22.2. The van der Waals surface area contributed by atoms with Crippen LogP contribution in [0, 0.1) is 5.92 Å². The van der Waals surface area contributed by atoms with Crippen LogP contribution in [0.4, 0.5) is 0 Å². The summed E-state index contributed by atoms with van der Waals surface area (Å²) in [6.45, 7) is 5.35. The minimum Gasteiger partial charge on any atom is -0.468 e. The van der Waals surface area contributed by atoms with Crippen molar-refractivity contribution < 1.29 is 19.1 Å². The number of hydrogen-bond donors (Lipinski definition) is 2. The van der Waals surface area contributed by atoms with E-state index in [1.54, 1.807) is 7.05 Å². The molecule has 26 heavy (non-hydrogen) atoms. The lowest BCUT2D eigenvalue weighted by atomic mass is 9.98. The van der Waals surface area contributed by atoms with Crippen LogP contribution in [-0.2, 0) is 19.1 Å². The second-order valence-corrected chi connectivity index (χ2v) is 6.96. The molecule has 0 bridgehead atoms. The van der Waals surface area contributed by atoms with E-state index in [4.69, 9.17) is 4.74 Å². The molecule has 7 nitrogen and oxygen atoms in total. The third-order valence-corrected chi connectivity index (χ3v) is 4.44. The lowest BCUT2D eigenvalue weighted by Gasteiger charge is -2.22. The second-order valence-electron chi connectivity index (χ2n) is 6.96. The molecule has 7 heteroatoms. The Balaban J connectivity index is 2.65. The molecular weight excluding hydrogens is 334 g/mol. The van der Waals surface area contributed by atoms with Gasteiger partial charge in [-0.25, -0.2) is 0 Å². The topological polar surface area (TPSA) is 87.7 Å². The number of rotatable bonds is 10. The zero-order valence-corrected chi connectivity index (χ0v) is 16.4. The monoisotopic (exact) mass is 367 g/mol. The third kappa shape index (κ3) is 7.56. The number of amides is 2. The van der Waals surface area contributed by atoms with E-state index in [1.165, 1.54) is 7.11 Å². The number of likely N-dealkylation sites (tertiary alicyclic amines) is 1. The number of hydrogen-bond acceptors (Lipinski definition) is 5. The van der Waals surface area contributed by atoms with Crippen LogP contribution >= 0.6 is 0 Å². The van der Waals surface area contributed by atoms with Gasteiger partial charge in [0.15, 0.2) is 0 Å². The van der Waals surface area contributed by atoms with Crippen LogP contribution in [0.5, 0.6) is 0 Å². The molecule has 1 aliphatic rings. The van der Waals surface area contributed by atoms with Crippen LogP contribution in [0.15, 0.2) is 12.2 Å². The van der Waals surface area contributed by atoms with Crippen LogP contribution in [0.1, 0.15) is 46.0 Å². The van der Waals surface area contributed by atoms with E-state index in [0.717, 1.165) is 25.9 Å². The summed E-state index contributed by atoms with van der Waals surface area (Å²) in [5.74, 6) is -0.745. The van der Waals surface area contributed by atoms with Gasteiger partial charge in [0, 0.05) is 25.6 Å². The van der Waals surface area contributed by atoms with Gasteiger partial charge < -0.3 is 20.3 Å². The lowest BCUT2D eigenvalue weighted by Crippen LogP contribution is -2.38. The maximum absolute atomic E-state index is 12.7. The number of allylic oxidation sites excluding steroid dienone is 1. The standard InChI is InChI=1S/C19H33N3O4/c1-14(2)21-17(23)13-15(18(24)22-11-7-8-12-22)9-5-6-10-16(20-3)19(25)26-4/h5-6,14-16,20H,7-13H2,1-4H3,(H,21,23)/b6-5-. The van der Waals surface area contributed by atoms with Gasteiger partial charge in [0.1, 0.15) is 6.04 Å². The Bertz CT molecular complexity index is 499. The van der Waals surface area contributed by atoms with E-state index in [-0.39, 0.29) is 36.2 Å². The van der Waals surface area contributed by atoms with Crippen LogP contribution in [0.2, 0.25) is 0 Å². The zero-order valence-electron chi connectivity index (χ0n) is 16.4. The number of ether oxygens (including phenoxy) is 1. The summed E-state index contributed by atoms with van der Waals surface area (Å²) in [5.41, 5.74) is 0. The van der Waals surface area contributed by atoms with Crippen molar-refractivity contribution in [2.75, 3.05) is 27.2 Å². The summed E-state index contributed by atoms with van der Waals surface area (Å²) in [4.78, 5) is 38.3. The molecule has 0 aromatic carbocycles. The average Bonchev–Trinajstić information content (AvgIpc) is 3.13. The summed E-state index contributed by atoms with van der Waals surface area (Å²) < 4.78 is 4.73. The third-order valence-electron chi connectivity index (χ3n) is 4.44. The van der Waals surface area contributed by atoms with Crippen LogP contribution in [-0.4, -0.2) is 62.0 Å². The van der Waals surface area contributed by atoms with Crippen LogP contribution in [0.25, 0.3) is 0 Å². The molecule has 2 atom stereocenters.